The highest BCUT2D eigenvalue weighted by Crippen LogP contribution is 2.19. The summed E-state index contributed by atoms with van der Waals surface area (Å²) in [6.45, 7) is 6.45. The van der Waals surface area contributed by atoms with E-state index in [0.717, 1.165) is 17.1 Å². The zero-order valence-corrected chi connectivity index (χ0v) is 14.9. The molecule has 5 N–H and O–H groups in total. The van der Waals surface area contributed by atoms with Crippen molar-refractivity contribution in [2.24, 2.45) is 11.7 Å². The number of carbonyl (C=O) groups is 1. The molecule has 2 heterocycles. The van der Waals surface area contributed by atoms with Gasteiger partial charge in [0.2, 0.25) is 5.91 Å². The van der Waals surface area contributed by atoms with Gasteiger partial charge in [-0.15, -0.1) is 0 Å². The summed E-state index contributed by atoms with van der Waals surface area (Å²) in [5.74, 6) is 0.818. The molecule has 2 aromatic rings. The molecule has 1 aromatic heterocycles. The van der Waals surface area contributed by atoms with Crippen molar-refractivity contribution < 1.29 is 4.79 Å². The Morgan fingerprint density at radius 2 is 2.00 bits per heavy atom. The van der Waals surface area contributed by atoms with Gasteiger partial charge < -0.3 is 15.6 Å². The van der Waals surface area contributed by atoms with Gasteiger partial charge in [0, 0.05) is 36.9 Å². The topological polar surface area (TPSA) is 97.0 Å². The molecule has 0 aliphatic carbocycles. The molecule has 0 spiro atoms. The molecule has 1 saturated heterocycles. The highest BCUT2D eigenvalue weighted by atomic mass is 16.2. The highest BCUT2D eigenvalue weighted by Gasteiger charge is 2.37. The van der Waals surface area contributed by atoms with E-state index < -0.39 is 6.04 Å². The number of aryl methyl sites for hydroxylation is 1. The smallest absolute Gasteiger partial charge is 0.237 e. The number of rotatable bonds is 5. The lowest BCUT2D eigenvalue weighted by Crippen LogP contribution is -2.50. The largest absolute Gasteiger partial charge is 0.351 e. The van der Waals surface area contributed by atoms with Gasteiger partial charge in [-0.3, -0.25) is 15.6 Å². The van der Waals surface area contributed by atoms with E-state index in [0.29, 0.717) is 6.54 Å². The van der Waals surface area contributed by atoms with Crippen molar-refractivity contribution in [3.8, 4) is 5.69 Å². The molecular formula is C18H26N6O. The molecule has 0 bridgehead atoms. The summed E-state index contributed by atoms with van der Waals surface area (Å²) in [6.07, 6.45) is 3.68. The average molecular weight is 342 g/mol. The summed E-state index contributed by atoms with van der Waals surface area (Å²) in [7, 11) is 0. The van der Waals surface area contributed by atoms with Crippen LogP contribution in [0.15, 0.2) is 36.7 Å². The summed E-state index contributed by atoms with van der Waals surface area (Å²) in [5.41, 5.74) is 14.5. The van der Waals surface area contributed by atoms with Gasteiger partial charge in [0.15, 0.2) is 0 Å². The van der Waals surface area contributed by atoms with Crippen LogP contribution in [0.2, 0.25) is 0 Å². The first-order valence-corrected chi connectivity index (χ1v) is 8.61. The lowest BCUT2D eigenvalue weighted by Gasteiger charge is -2.24. The van der Waals surface area contributed by atoms with E-state index in [1.807, 2.05) is 55.8 Å². The number of nitrogens with two attached hydrogens (primary N) is 1. The summed E-state index contributed by atoms with van der Waals surface area (Å²) < 4.78 is 2.01. The van der Waals surface area contributed by atoms with Crippen molar-refractivity contribution in [1.82, 2.24) is 25.7 Å². The Morgan fingerprint density at radius 3 is 2.64 bits per heavy atom. The number of nitrogens with one attached hydrogen (secondary N) is 3. The number of amides is 1. The molecule has 3 unspecified atom stereocenters. The second kappa shape index (κ2) is 7.35. The molecule has 7 nitrogen and oxygen atoms in total. The molecule has 1 amide bonds. The molecule has 134 valence electrons. The van der Waals surface area contributed by atoms with Crippen LogP contribution < -0.4 is 21.9 Å². The third kappa shape index (κ3) is 3.58. The van der Waals surface area contributed by atoms with E-state index in [1.54, 1.807) is 6.20 Å². The number of carbonyl (C=O) groups excluding carboxylic acids is 1. The van der Waals surface area contributed by atoms with E-state index in [4.69, 9.17) is 5.73 Å². The number of para-hydroxylation sites is 1. The second-order valence-corrected chi connectivity index (χ2v) is 6.66. The summed E-state index contributed by atoms with van der Waals surface area (Å²) in [6, 6.07) is 7.70. The van der Waals surface area contributed by atoms with Crippen LogP contribution >= 0.6 is 0 Å². The maximum absolute atomic E-state index is 12.5. The lowest BCUT2D eigenvalue weighted by molar-refractivity contribution is -0.123. The van der Waals surface area contributed by atoms with Gasteiger partial charge in [-0.05, 0) is 32.4 Å². The predicted octanol–water partition coefficient (Wildman–Crippen LogP) is 0.625. The Hall–Kier alpha value is -2.22. The first-order chi connectivity index (χ1) is 12.0. The van der Waals surface area contributed by atoms with Crippen molar-refractivity contribution in [3.05, 3.63) is 48.0 Å². The lowest BCUT2D eigenvalue weighted by atomic mass is 9.88. The number of benzene rings is 1. The Morgan fingerprint density at radius 1 is 1.32 bits per heavy atom. The van der Waals surface area contributed by atoms with E-state index in [2.05, 4.69) is 21.2 Å². The summed E-state index contributed by atoms with van der Waals surface area (Å²) in [5, 5.41) is 2.99. The average Bonchev–Trinajstić information content (AvgIpc) is 3.17. The zero-order chi connectivity index (χ0) is 18.0. The van der Waals surface area contributed by atoms with Crippen molar-refractivity contribution in [2.75, 3.05) is 0 Å². The van der Waals surface area contributed by atoms with E-state index in [9.17, 15) is 4.79 Å². The molecule has 25 heavy (non-hydrogen) atoms. The standard InChI is InChI=1S/C18H26N6O/c1-11-16(12(2)23-22-11)17(19)18(25)21-10-14-6-4-5-7-15(14)24-9-8-20-13(24)3/h4-9,11-12,16-17,22-23H,10,19H2,1-3H3,(H,21,25). The minimum atomic E-state index is -0.561. The van der Waals surface area contributed by atoms with Crippen LogP contribution in [0.1, 0.15) is 25.2 Å². The molecule has 0 saturated carbocycles. The molecule has 1 aliphatic rings. The quantitative estimate of drug-likeness (QED) is 0.639. The SMILES string of the molecule is Cc1nccn1-c1ccccc1CNC(=O)C(N)C1C(C)NNC1C. The molecular weight excluding hydrogens is 316 g/mol. The fraction of sp³-hybridized carbons (Fsp3) is 0.444. The van der Waals surface area contributed by atoms with Gasteiger partial charge in [0.25, 0.3) is 0 Å². The van der Waals surface area contributed by atoms with Crippen LogP contribution in [-0.2, 0) is 11.3 Å². The molecule has 3 rings (SSSR count). The minimum Gasteiger partial charge on any atom is -0.351 e. The van der Waals surface area contributed by atoms with Crippen molar-refractivity contribution in [2.45, 2.75) is 45.4 Å². The molecule has 7 heteroatoms. The summed E-state index contributed by atoms with van der Waals surface area (Å²) >= 11 is 0. The normalized spacial score (nSPS) is 24.2. The first kappa shape index (κ1) is 17.6. The molecule has 1 aromatic carbocycles. The van der Waals surface area contributed by atoms with Crippen LogP contribution in [0, 0.1) is 12.8 Å². The molecule has 1 fully saturated rings. The Labute approximate surface area is 148 Å². The van der Waals surface area contributed by atoms with Crippen molar-refractivity contribution >= 4 is 5.91 Å². The van der Waals surface area contributed by atoms with Crippen LogP contribution in [0.5, 0.6) is 0 Å². The second-order valence-electron chi connectivity index (χ2n) is 6.66. The predicted molar refractivity (Wildman–Crippen MR) is 96.8 cm³/mol. The number of nitrogens with zero attached hydrogens (tertiary/aromatic N) is 2. The maximum Gasteiger partial charge on any atom is 0.237 e. The zero-order valence-electron chi connectivity index (χ0n) is 14.9. The van der Waals surface area contributed by atoms with E-state index in [-0.39, 0.29) is 23.9 Å². The fourth-order valence-corrected chi connectivity index (χ4v) is 3.51. The van der Waals surface area contributed by atoms with Crippen LogP contribution in [0.3, 0.4) is 0 Å². The number of hydrogen-bond acceptors (Lipinski definition) is 5. The number of hydrazine groups is 1. The minimum absolute atomic E-state index is 0.0473. The fourth-order valence-electron chi connectivity index (χ4n) is 3.51. The highest BCUT2D eigenvalue weighted by molar-refractivity contribution is 5.82. The van der Waals surface area contributed by atoms with Crippen LogP contribution in [0.4, 0.5) is 0 Å². The monoisotopic (exact) mass is 342 g/mol. The summed E-state index contributed by atoms with van der Waals surface area (Å²) in [4.78, 5) is 16.8. The van der Waals surface area contributed by atoms with E-state index >= 15 is 0 Å². The number of hydrogen-bond donors (Lipinski definition) is 4. The van der Waals surface area contributed by atoms with Crippen molar-refractivity contribution in [3.63, 3.8) is 0 Å². The number of aromatic nitrogens is 2. The van der Waals surface area contributed by atoms with Gasteiger partial charge in [0.05, 0.1) is 11.7 Å². The molecule has 3 atom stereocenters. The Kier molecular flexibility index (Phi) is 5.17. The Bertz CT molecular complexity index is 733. The van der Waals surface area contributed by atoms with Gasteiger partial charge in [-0.2, -0.15) is 0 Å². The maximum atomic E-state index is 12.5. The van der Waals surface area contributed by atoms with Gasteiger partial charge in [-0.1, -0.05) is 18.2 Å². The Balaban J connectivity index is 1.70. The van der Waals surface area contributed by atoms with Crippen LogP contribution in [0.25, 0.3) is 5.69 Å². The van der Waals surface area contributed by atoms with Crippen molar-refractivity contribution in [1.29, 1.82) is 0 Å². The third-order valence-corrected chi connectivity index (χ3v) is 4.94. The van der Waals surface area contributed by atoms with Crippen LogP contribution in [-0.4, -0.2) is 33.6 Å². The van der Waals surface area contributed by atoms with Gasteiger partial charge >= 0.3 is 0 Å². The van der Waals surface area contributed by atoms with Gasteiger partial charge in [-0.25, -0.2) is 4.98 Å². The third-order valence-electron chi connectivity index (χ3n) is 4.94. The first-order valence-electron chi connectivity index (χ1n) is 8.61. The number of imidazole rings is 1. The van der Waals surface area contributed by atoms with Gasteiger partial charge in [0.1, 0.15) is 5.82 Å². The molecule has 0 radical (unpaired) electrons. The van der Waals surface area contributed by atoms with E-state index in [1.165, 1.54) is 0 Å². The molecule has 1 aliphatic heterocycles.